The Labute approximate surface area is 255 Å². The Balaban J connectivity index is 1.20. The number of fused-ring (bicyclic) bond motifs is 1. The normalized spacial score (nSPS) is 11.5. The van der Waals surface area contributed by atoms with Gasteiger partial charge in [-0.3, -0.25) is 14.8 Å². The topological polar surface area (TPSA) is 97.7 Å². The van der Waals surface area contributed by atoms with Gasteiger partial charge in [-0.2, -0.15) is 0 Å². The van der Waals surface area contributed by atoms with E-state index < -0.39 is 5.91 Å². The molecule has 0 saturated heterocycles. The number of anilines is 2. The quantitative estimate of drug-likeness (QED) is 0.289. The third-order valence-electron chi connectivity index (χ3n) is 7.14. The van der Waals surface area contributed by atoms with Crippen molar-refractivity contribution in [3.05, 3.63) is 124 Å². The Hall–Kier alpha value is -6.12. The molecule has 1 aliphatic heterocycles. The molecule has 3 aromatic heterocycles. The second-order valence-electron chi connectivity index (χ2n) is 10.6. The lowest BCUT2D eigenvalue weighted by Crippen LogP contribution is -2.07. The molecule has 0 spiro atoms. The minimum absolute atomic E-state index is 0.168. The molecule has 2 aromatic carbocycles. The summed E-state index contributed by atoms with van der Waals surface area (Å²) in [6.45, 7) is 0. The van der Waals surface area contributed by atoms with Gasteiger partial charge in [-0.05, 0) is 72.8 Å². The molecule has 0 bridgehead atoms. The number of carbonyl (C=O) groups excluding carboxylic acids is 1. The van der Waals surface area contributed by atoms with E-state index in [0.717, 1.165) is 28.1 Å². The Morgan fingerprint density at radius 3 is 1.52 bits per heavy atom. The number of H-pyrrole nitrogens is 1. The van der Waals surface area contributed by atoms with Crippen molar-refractivity contribution in [3.8, 4) is 40.9 Å². The molecular formula is C36H28N6O2. The fraction of sp³-hybridized carbons (Fsp3) is 0.111. The number of pyridine rings is 2. The van der Waals surface area contributed by atoms with Crippen LogP contribution in [0, 0.1) is 23.7 Å². The third kappa shape index (κ3) is 5.65. The first-order valence-corrected chi connectivity index (χ1v) is 13.9. The average Bonchev–Trinajstić information content (AvgIpc) is 3.57. The molecule has 5 aromatic rings. The molecule has 8 heteroatoms. The average molecular weight is 577 g/mol. The summed E-state index contributed by atoms with van der Waals surface area (Å²) in [5, 5.41) is 10.8. The highest BCUT2D eigenvalue weighted by atomic mass is 16.3. The fourth-order valence-electron chi connectivity index (χ4n) is 4.72. The number of aliphatic imine (C=N–C) groups is 1. The molecule has 44 heavy (non-hydrogen) atoms. The molecule has 0 aliphatic carbocycles. The van der Waals surface area contributed by atoms with Crippen molar-refractivity contribution in [3.63, 3.8) is 0 Å². The molecule has 8 nitrogen and oxygen atoms in total. The van der Waals surface area contributed by atoms with Crippen LogP contribution in [0.3, 0.4) is 0 Å². The summed E-state index contributed by atoms with van der Waals surface area (Å²) in [6.07, 6.45) is 3.27. The van der Waals surface area contributed by atoms with E-state index in [9.17, 15) is 9.90 Å². The van der Waals surface area contributed by atoms with Crippen LogP contribution in [-0.4, -0.2) is 59.9 Å². The number of aromatic hydroxyl groups is 1. The molecule has 0 radical (unpaired) electrons. The minimum Gasteiger partial charge on any atom is -0.494 e. The van der Waals surface area contributed by atoms with E-state index >= 15 is 0 Å². The number of amides is 1. The van der Waals surface area contributed by atoms with Crippen molar-refractivity contribution in [1.29, 1.82) is 0 Å². The standard InChI is InChI=1S/C36H28N6O2/c1-41(2)27-15-9-23(10-16-27)5-7-25-13-19-29(37-21-25)33-31-32(36(44)39-33)34(40-35(31)43)30-20-14-26(22-38-30)8-6-24-11-17-28(18-12-24)42(3)4/h9-22,39,44H,1-4H3. The molecule has 0 unspecified atom stereocenters. The van der Waals surface area contributed by atoms with E-state index in [4.69, 9.17) is 0 Å². The highest BCUT2D eigenvalue weighted by Crippen LogP contribution is 2.37. The fourth-order valence-corrected chi connectivity index (χ4v) is 4.72. The number of rotatable bonds is 4. The molecule has 1 aliphatic rings. The molecule has 4 heterocycles. The monoisotopic (exact) mass is 576 g/mol. The second kappa shape index (κ2) is 11.6. The smallest absolute Gasteiger partial charge is 0.280 e. The van der Waals surface area contributed by atoms with Gasteiger partial charge in [0.2, 0.25) is 0 Å². The van der Waals surface area contributed by atoms with E-state index in [1.165, 1.54) is 0 Å². The minimum atomic E-state index is -0.472. The van der Waals surface area contributed by atoms with Crippen molar-refractivity contribution < 1.29 is 9.90 Å². The molecule has 0 saturated carbocycles. The molecule has 6 rings (SSSR count). The van der Waals surface area contributed by atoms with Gasteiger partial charge < -0.3 is 19.9 Å². The van der Waals surface area contributed by atoms with Crippen LogP contribution < -0.4 is 9.80 Å². The first-order valence-electron chi connectivity index (χ1n) is 13.9. The van der Waals surface area contributed by atoms with Crippen LogP contribution in [0.2, 0.25) is 0 Å². The molecule has 0 fully saturated rings. The summed E-state index contributed by atoms with van der Waals surface area (Å²) in [5.41, 5.74) is 7.63. The maximum atomic E-state index is 13.0. The van der Waals surface area contributed by atoms with Gasteiger partial charge in [0, 0.05) is 74.2 Å². The summed E-state index contributed by atoms with van der Waals surface area (Å²) in [4.78, 5) is 33.2. The number of benzene rings is 2. The van der Waals surface area contributed by atoms with E-state index in [1.54, 1.807) is 24.5 Å². The summed E-state index contributed by atoms with van der Waals surface area (Å²) in [6, 6.07) is 23.1. The zero-order valence-corrected chi connectivity index (χ0v) is 24.7. The van der Waals surface area contributed by atoms with E-state index in [0.29, 0.717) is 33.9 Å². The SMILES string of the molecule is CN(C)c1ccc(C#Cc2ccc(C3=NC(=O)c4c(-c5ccc(C#Cc6ccc(N(C)C)cc6)cn5)[nH]c(O)c43)nc2)cc1. The van der Waals surface area contributed by atoms with Gasteiger partial charge in [0.15, 0.2) is 5.88 Å². The first kappa shape index (κ1) is 28.0. The number of nitrogens with one attached hydrogen (secondary N) is 1. The third-order valence-corrected chi connectivity index (χ3v) is 7.14. The largest absolute Gasteiger partial charge is 0.494 e. The number of aromatic amines is 1. The maximum absolute atomic E-state index is 13.0. The highest BCUT2D eigenvalue weighted by Gasteiger charge is 2.34. The van der Waals surface area contributed by atoms with E-state index in [-0.39, 0.29) is 11.4 Å². The zero-order valence-electron chi connectivity index (χ0n) is 24.7. The number of hydrogen-bond donors (Lipinski definition) is 2. The van der Waals surface area contributed by atoms with Gasteiger partial charge in [-0.1, -0.05) is 23.7 Å². The molecule has 214 valence electrons. The second-order valence-corrected chi connectivity index (χ2v) is 10.6. The number of aromatic nitrogens is 3. The summed E-state index contributed by atoms with van der Waals surface area (Å²) >= 11 is 0. The molecule has 2 N–H and O–H groups in total. The van der Waals surface area contributed by atoms with Crippen LogP contribution in [-0.2, 0) is 0 Å². The van der Waals surface area contributed by atoms with Gasteiger partial charge >= 0.3 is 0 Å². The van der Waals surface area contributed by atoms with Gasteiger partial charge in [-0.25, -0.2) is 4.99 Å². The van der Waals surface area contributed by atoms with Gasteiger partial charge in [0.05, 0.1) is 28.2 Å². The van der Waals surface area contributed by atoms with Crippen molar-refractivity contribution in [2.75, 3.05) is 38.0 Å². The summed E-state index contributed by atoms with van der Waals surface area (Å²) in [7, 11) is 7.97. The highest BCUT2D eigenvalue weighted by molar-refractivity contribution is 6.29. The lowest BCUT2D eigenvalue weighted by Gasteiger charge is -2.11. The van der Waals surface area contributed by atoms with E-state index in [2.05, 4.69) is 43.6 Å². The Kier molecular flexibility index (Phi) is 7.41. The van der Waals surface area contributed by atoms with Crippen LogP contribution >= 0.6 is 0 Å². The predicted octanol–water partition coefficient (Wildman–Crippen LogP) is 5.10. The van der Waals surface area contributed by atoms with Crippen molar-refractivity contribution >= 4 is 23.0 Å². The van der Waals surface area contributed by atoms with Crippen molar-refractivity contribution in [2.24, 2.45) is 4.99 Å². The number of carbonyl (C=O) groups is 1. The van der Waals surface area contributed by atoms with Crippen LogP contribution in [0.15, 0.2) is 90.2 Å². The number of hydrogen-bond acceptors (Lipinski definition) is 6. The predicted molar refractivity (Wildman–Crippen MR) is 173 cm³/mol. The van der Waals surface area contributed by atoms with Crippen molar-refractivity contribution in [1.82, 2.24) is 15.0 Å². The lowest BCUT2D eigenvalue weighted by atomic mass is 10.0. The number of nitrogens with zero attached hydrogens (tertiary/aromatic N) is 5. The van der Waals surface area contributed by atoms with Gasteiger partial charge in [0.25, 0.3) is 5.91 Å². The van der Waals surface area contributed by atoms with Gasteiger partial charge in [0.1, 0.15) is 5.71 Å². The lowest BCUT2D eigenvalue weighted by molar-refractivity contribution is 0.101. The molecule has 0 atom stereocenters. The maximum Gasteiger partial charge on any atom is 0.280 e. The Morgan fingerprint density at radius 1 is 0.614 bits per heavy atom. The van der Waals surface area contributed by atoms with Crippen LogP contribution in [0.5, 0.6) is 5.88 Å². The van der Waals surface area contributed by atoms with Gasteiger partial charge in [-0.15, -0.1) is 0 Å². The Bertz CT molecular complexity index is 2010. The van der Waals surface area contributed by atoms with Crippen LogP contribution in [0.25, 0.3) is 11.4 Å². The van der Waals surface area contributed by atoms with E-state index in [1.807, 2.05) is 98.7 Å². The molecular weight excluding hydrogens is 548 g/mol. The Morgan fingerprint density at radius 2 is 1.07 bits per heavy atom. The summed E-state index contributed by atoms with van der Waals surface area (Å²) < 4.78 is 0. The van der Waals surface area contributed by atoms with Crippen molar-refractivity contribution in [2.45, 2.75) is 0 Å². The first-order chi connectivity index (χ1) is 21.3. The van der Waals surface area contributed by atoms with Crippen LogP contribution in [0.4, 0.5) is 11.4 Å². The summed E-state index contributed by atoms with van der Waals surface area (Å²) in [5.74, 6) is 11.9. The molecule has 1 amide bonds. The van der Waals surface area contributed by atoms with Crippen LogP contribution in [0.1, 0.15) is 43.9 Å². The zero-order chi connectivity index (χ0) is 30.8.